The van der Waals surface area contributed by atoms with Gasteiger partial charge in [-0.3, -0.25) is 4.79 Å². The molecule has 0 fully saturated rings. The van der Waals surface area contributed by atoms with Crippen LogP contribution in [0, 0.1) is 5.92 Å². The fourth-order valence-corrected chi connectivity index (χ4v) is 2.73. The smallest absolute Gasteiger partial charge is 0.316 e. The summed E-state index contributed by atoms with van der Waals surface area (Å²) in [7, 11) is 0. The number of hydrogen-bond acceptors (Lipinski definition) is 3. The van der Waals surface area contributed by atoms with E-state index < -0.39 is 5.97 Å². The molecule has 1 rings (SSSR count). The number of rotatable bonds is 6. The Morgan fingerprint density at radius 3 is 2.59 bits per heavy atom. The molecule has 96 valence electrons. The lowest BCUT2D eigenvalue weighted by atomic mass is 10.1. The lowest BCUT2D eigenvalue weighted by Gasteiger charge is -2.17. The molecule has 1 atom stereocenters. The second kappa shape index (κ2) is 6.10. The summed E-state index contributed by atoms with van der Waals surface area (Å²) in [6, 6.07) is 0.357. The van der Waals surface area contributed by atoms with Gasteiger partial charge in [-0.1, -0.05) is 13.8 Å². The van der Waals surface area contributed by atoms with Crippen molar-refractivity contribution in [1.82, 2.24) is 9.55 Å². The van der Waals surface area contributed by atoms with E-state index in [0.29, 0.717) is 11.8 Å². The Bertz CT molecular complexity index is 374. The van der Waals surface area contributed by atoms with Gasteiger partial charge in [0.25, 0.3) is 0 Å². The number of aromatic nitrogens is 2. The maximum absolute atomic E-state index is 11.1. The van der Waals surface area contributed by atoms with Crippen LogP contribution in [0.5, 0.6) is 0 Å². The predicted molar refractivity (Wildman–Crippen MR) is 70.2 cm³/mol. The van der Waals surface area contributed by atoms with Gasteiger partial charge < -0.3 is 9.67 Å². The fraction of sp³-hybridized carbons (Fsp3) is 0.667. The Labute approximate surface area is 106 Å². The zero-order chi connectivity index (χ0) is 13.0. The van der Waals surface area contributed by atoms with Crippen LogP contribution in [0.1, 0.15) is 39.4 Å². The van der Waals surface area contributed by atoms with Gasteiger partial charge >= 0.3 is 5.97 Å². The SMILES string of the molecule is CC(C)C(SCc1cncn1C(C)C)C(=O)O. The van der Waals surface area contributed by atoms with Crippen LogP contribution >= 0.6 is 11.8 Å². The van der Waals surface area contributed by atoms with Crippen molar-refractivity contribution in [3.63, 3.8) is 0 Å². The van der Waals surface area contributed by atoms with Crippen LogP contribution in [0.3, 0.4) is 0 Å². The summed E-state index contributed by atoms with van der Waals surface area (Å²) in [5, 5.41) is 8.75. The van der Waals surface area contributed by atoms with Crippen LogP contribution in [0.4, 0.5) is 0 Å². The van der Waals surface area contributed by atoms with Crippen molar-refractivity contribution < 1.29 is 9.90 Å². The van der Waals surface area contributed by atoms with Gasteiger partial charge in [0.15, 0.2) is 0 Å². The number of carbonyl (C=O) groups is 1. The quantitative estimate of drug-likeness (QED) is 0.850. The molecule has 1 aromatic heterocycles. The molecule has 4 nitrogen and oxygen atoms in total. The minimum absolute atomic E-state index is 0.132. The number of hydrogen-bond donors (Lipinski definition) is 1. The molecule has 0 aliphatic carbocycles. The molecule has 0 radical (unpaired) electrons. The maximum atomic E-state index is 11.1. The van der Waals surface area contributed by atoms with Crippen LogP contribution in [0.2, 0.25) is 0 Å². The molecule has 17 heavy (non-hydrogen) atoms. The van der Waals surface area contributed by atoms with Gasteiger partial charge in [-0.15, -0.1) is 11.8 Å². The Balaban J connectivity index is 2.66. The van der Waals surface area contributed by atoms with Crippen LogP contribution in [-0.2, 0) is 10.5 Å². The van der Waals surface area contributed by atoms with E-state index in [2.05, 4.69) is 23.4 Å². The topological polar surface area (TPSA) is 55.1 Å². The summed E-state index contributed by atoms with van der Waals surface area (Å²) in [5.74, 6) is 0.0846. The van der Waals surface area contributed by atoms with E-state index in [-0.39, 0.29) is 11.2 Å². The van der Waals surface area contributed by atoms with Crippen molar-refractivity contribution in [2.24, 2.45) is 5.92 Å². The molecule has 1 N–H and O–H groups in total. The number of carboxylic acid groups (broad SMARTS) is 1. The second-order valence-corrected chi connectivity index (χ2v) is 5.83. The first-order valence-electron chi connectivity index (χ1n) is 5.78. The molecule has 0 bridgehead atoms. The van der Waals surface area contributed by atoms with Crippen LogP contribution in [0.15, 0.2) is 12.5 Å². The van der Waals surface area contributed by atoms with E-state index in [9.17, 15) is 4.79 Å². The summed E-state index contributed by atoms with van der Waals surface area (Å²) in [6.45, 7) is 8.05. The molecule has 0 saturated heterocycles. The minimum Gasteiger partial charge on any atom is -0.480 e. The van der Waals surface area contributed by atoms with Crippen LogP contribution in [-0.4, -0.2) is 25.9 Å². The first kappa shape index (κ1) is 14.1. The molecule has 0 amide bonds. The second-order valence-electron chi connectivity index (χ2n) is 4.70. The van der Waals surface area contributed by atoms with E-state index in [1.807, 2.05) is 20.0 Å². The lowest BCUT2D eigenvalue weighted by molar-refractivity contribution is -0.137. The third-order valence-corrected chi connectivity index (χ3v) is 4.13. The first-order valence-corrected chi connectivity index (χ1v) is 6.83. The van der Waals surface area contributed by atoms with Crippen molar-refractivity contribution >= 4 is 17.7 Å². The summed E-state index contributed by atoms with van der Waals surface area (Å²) >= 11 is 1.47. The van der Waals surface area contributed by atoms with E-state index in [1.54, 1.807) is 6.33 Å². The van der Waals surface area contributed by atoms with Crippen molar-refractivity contribution in [3.05, 3.63) is 18.2 Å². The fourth-order valence-electron chi connectivity index (χ4n) is 1.63. The molecule has 0 spiro atoms. The highest BCUT2D eigenvalue weighted by Gasteiger charge is 2.22. The predicted octanol–water partition coefficient (Wildman–Crippen LogP) is 2.81. The number of thioether (sulfide) groups is 1. The number of nitrogens with zero attached hydrogens (tertiary/aromatic N) is 2. The third-order valence-electron chi connectivity index (χ3n) is 2.56. The average Bonchev–Trinajstić information content (AvgIpc) is 2.64. The maximum Gasteiger partial charge on any atom is 0.316 e. The Hall–Kier alpha value is -0.970. The Morgan fingerprint density at radius 1 is 1.47 bits per heavy atom. The highest BCUT2D eigenvalue weighted by atomic mass is 32.2. The molecule has 1 unspecified atom stereocenters. The monoisotopic (exact) mass is 256 g/mol. The minimum atomic E-state index is -0.736. The van der Waals surface area contributed by atoms with Gasteiger partial charge in [0.05, 0.1) is 6.33 Å². The highest BCUT2D eigenvalue weighted by molar-refractivity contribution is 7.99. The number of imidazole rings is 1. The van der Waals surface area contributed by atoms with E-state index in [4.69, 9.17) is 5.11 Å². The standard InChI is InChI=1S/C12H20N2O2S/c1-8(2)11(12(15)16)17-6-10-5-13-7-14(10)9(3)4/h5,7-9,11H,6H2,1-4H3,(H,15,16). The summed E-state index contributed by atoms with van der Waals surface area (Å²) in [4.78, 5) is 15.2. The number of carboxylic acids is 1. The van der Waals surface area contributed by atoms with Crippen LogP contribution < -0.4 is 0 Å². The molecular formula is C12H20N2O2S. The average molecular weight is 256 g/mol. The first-order chi connectivity index (χ1) is 7.93. The highest BCUT2D eigenvalue weighted by Crippen LogP contribution is 2.24. The van der Waals surface area contributed by atoms with Gasteiger partial charge in [-0.25, -0.2) is 4.98 Å². The number of aliphatic carboxylic acids is 1. The van der Waals surface area contributed by atoms with E-state index in [1.165, 1.54) is 11.8 Å². The largest absolute Gasteiger partial charge is 0.480 e. The molecule has 1 heterocycles. The molecule has 0 aromatic carbocycles. The molecule has 0 aliphatic rings. The van der Waals surface area contributed by atoms with Gasteiger partial charge in [-0.2, -0.15) is 0 Å². The Kier molecular flexibility index (Phi) is 5.05. The third kappa shape index (κ3) is 3.77. The zero-order valence-corrected chi connectivity index (χ0v) is 11.6. The van der Waals surface area contributed by atoms with Gasteiger partial charge in [0, 0.05) is 23.7 Å². The summed E-state index contributed by atoms with van der Waals surface area (Å²) in [6.07, 6.45) is 3.61. The van der Waals surface area contributed by atoms with Gasteiger partial charge in [0.1, 0.15) is 5.25 Å². The molecule has 5 heteroatoms. The van der Waals surface area contributed by atoms with E-state index in [0.717, 1.165) is 5.69 Å². The van der Waals surface area contributed by atoms with Crippen molar-refractivity contribution in [2.75, 3.05) is 0 Å². The van der Waals surface area contributed by atoms with Gasteiger partial charge in [0.2, 0.25) is 0 Å². The van der Waals surface area contributed by atoms with Crippen molar-refractivity contribution in [1.29, 1.82) is 0 Å². The Morgan fingerprint density at radius 2 is 2.12 bits per heavy atom. The molecule has 0 saturated carbocycles. The molecule has 0 aliphatic heterocycles. The lowest BCUT2D eigenvalue weighted by Crippen LogP contribution is -2.22. The van der Waals surface area contributed by atoms with Crippen LogP contribution in [0.25, 0.3) is 0 Å². The van der Waals surface area contributed by atoms with Crippen molar-refractivity contribution in [2.45, 2.75) is 44.7 Å². The van der Waals surface area contributed by atoms with Gasteiger partial charge in [-0.05, 0) is 19.8 Å². The zero-order valence-electron chi connectivity index (χ0n) is 10.8. The summed E-state index contributed by atoms with van der Waals surface area (Å²) < 4.78 is 2.08. The summed E-state index contributed by atoms with van der Waals surface area (Å²) in [5.41, 5.74) is 1.08. The normalized spacial score (nSPS) is 13.3. The van der Waals surface area contributed by atoms with Crippen molar-refractivity contribution in [3.8, 4) is 0 Å². The molecule has 1 aromatic rings. The van der Waals surface area contributed by atoms with E-state index >= 15 is 0 Å². The molecular weight excluding hydrogens is 236 g/mol.